The molecule has 1 aliphatic heterocycles. The third-order valence-electron chi connectivity index (χ3n) is 2.18. The van der Waals surface area contributed by atoms with Crippen molar-refractivity contribution in [3.8, 4) is 0 Å². The van der Waals surface area contributed by atoms with Gasteiger partial charge in [-0.2, -0.15) is 0 Å². The number of rotatable bonds is 1. The molecule has 0 saturated carbocycles. The lowest BCUT2D eigenvalue weighted by atomic mass is 10.2. The van der Waals surface area contributed by atoms with Crippen LogP contribution in [0.1, 0.15) is 10.5 Å². The smallest absolute Gasteiger partial charge is 0.273 e. The van der Waals surface area contributed by atoms with Crippen LogP contribution in [0, 0.1) is 0 Å². The second-order valence-corrected chi connectivity index (χ2v) is 4.41. The van der Waals surface area contributed by atoms with Crippen LogP contribution in [0.4, 0.5) is 0 Å². The lowest BCUT2D eigenvalue weighted by Gasteiger charge is -2.24. The summed E-state index contributed by atoms with van der Waals surface area (Å²) in [5, 5.41) is 2.13. The Kier molecular flexibility index (Phi) is 3.19. The van der Waals surface area contributed by atoms with E-state index in [1.807, 2.05) is 0 Å². The number of hydrogen-bond acceptors (Lipinski definition) is 4. The number of carbonyl (C=O) groups is 3. The van der Waals surface area contributed by atoms with E-state index in [2.05, 4.69) is 26.2 Å². The fraction of sp³-hybridized carbons (Fsp3) is 0.200. The standard InChI is InChI=1S/C10H8BrN3O3/c11-6-1-2-7(12-3-6)10(17)14-4-8(15)13-9(16)5-14/h1-3H,4-5H2,(H,13,15,16). The van der Waals surface area contributed by atoms with Crippen molar-refractivity contribution < 1.29 is 14.4 Å². The molecule has 1 aromatic heterocycles. The lowest BCUT2D eigenvalue weighted by Crippen LogP contribution is -2.53. The molecule has 0 radical (unpaired) electrons. The number of halogens is 1. The summed E-state index contributed by atoms with van der Waals surface area (Å²) in [4.78, 5) is 39.2. The van der Waals surface area contributed by atoms with E-state index in [1.54, 1.807) is 6.07 Å². The number of imide groups is 1. The van der Waals surface area contributed by atoms with Crippen molar-refractivity contribution in [2.24, 2.45) is 0 Å². The highest BCUT2D eigenvalue weighted by molar-refractivity contribution is 9.10. The van der Waals surface area contributed by atoms with Crippen LogP contribution in [0.3, 0.4) is 0 Å². The van der Waals surface area contributed by atoms with Gasteiger partial charge in [-0.05, 0) is 28.1 Å². The van der Waals surface area contributed by atoms with Gasteiger partial charge in [-0.3, -0.25) is 19.7 Å². The van der Waals surface area contributed by atoms with Crippen LogP contribution in [-0.2, 0) is 9.59 Å². The third-order valence-corrected chi connectivity index (χ3v) is 2.65. The molecule has 0 bridgehead atoms. The number of piperazine rings is 1. The van der Waals surface area contributed by atoms with Crippen LogP contribution in [-0.4, -0.2) is 40.7 Å². The SMILES string of the molecule is O=C1CN(C(=O)c2ccc(Br)cn2)CC(=O)N1. The third kappa shape index (κ3) is 2.68. The Hall–Kier alpha value is -1.76. The normalized spacial score (nSPS) is 15.7. The van der Waals surface area contributed by atoms with Crippen LogP contribution in [0.5, 0.6) is 0 Å². The quantitative estimate of drug-likeness (QED) is 0.737. The number of aromatic nitrogens is 1. The maximum absolute atomic E-state index is 11.9. The number of carbonyl (C=O) groups excluding carboxylic acids is 3. The fourth-order valence-electron chi connectivity index (χ4n) is 1.45. The first-order valence-corrected chi connectivity index (χ1v) is 5.59. The number of hydrogen-bond donors (Lipinski definition) is 1. The van der Waals surface area contributed by atoms with Gasteiger partial charge < -0.3 is 4.90 Å². The molecule has 1 fully saturated rings. The molecule has 0 unspecified atom stereocenters. The van der Waals surface area contributed by atoms with Crippen molar-refractivity contribution >= 4 is 33.7 Å². The second kappa shape index (κ2) is 4.62. The summed E-state index contributed by atoms with van der Waals surface area (Å²) in [5.41, 5.74) is 0.204. The first kappa shape index (κ1) is 11.7. The summed E-state index contributed by atoms with van der Waals surface area (Å²) in [6.45, 7) is -0.245. The highest BCUT2D eigenvalue weighted by atomic mass is 79.9. The largest absolute Gasteiger partial charge is 0.319 e. The molecule has 0 spiro atoms. The van der Waals surface area contributed by atoms with Gasteiger partial charge in [0, 0.05) is 10.7 Å². The Labute approximate surface area is 105 Å². The average molecular weight is 298 g/mol. The van der Waals surface area contributed by atoms with Gasteiger partial charge in [0.2, 0.25) is 11.8 Å². The second-order valence-electron chi connectivity index (χ2n) is 3.49. The molecule has 7 heteroatoms. The Bertz CT molecular complexity index is 470. The van der Waals surface area contributed by atoms with Crippen molar-refractivity contribution in [3.05, 3.63) is 28.5 Å². The summed E-state index contributed by atoms with van der Waals surface area (Å²) in [7, 11) is 0. The van der Waals surface area contributed by atoms with Gasteiger partial charge in [0.05, 0.1) is 0 Å². The van der Waals surface area contributed by atoms with Crippen LogP contribution in [0.15, 0.2) is 22.8 Å². The summed E-state index contributed by atoms with van der Waals surface area (Å²) in [6, 6.07) is 3.20. The molecule has 2 rings (SSSR count). The summed E-state index contributed by atoms with van der Waals surface area (Å²) >= 11 is 3.20. The maximum Gasteiger partial charge on any atom is 0.273 e. The number of amides is 3. The van der Waals surface area contributed by atoms with Gasteiger partial charge in [0.25, 0.3) is 5.91 Å². The highest BCUT2D eigenvalue weighted by Gasteiger charge is 2.27. The van der Waals surface area contributed by atoms with Crippen molar-refractivity contribution in [1.29, 1.82) is 0 Å². The maximum atomic E-state index is 11.9. The molecule has 1 aromatic rings. The number of nitrogens with zero attached hydrogens (tertiary/aromatic N) is 2. The Balaban J connectivity index is 2.17. The number of nitrogens with one attached hydrogen (secondary N) is 1. The Morgan fingerprint density at radius 2 is 1.94 bits per heavy atom. The first-order valence-electron chi connectivity index (χ1n) is 4.80. The van der Waals surface area contributed by atoms with Gasteiger partial charge in [-0.1, -0.05) is 0 Å². The van der Waals surface area contributed by atoms with Crippen molar-refractivity contribution in [2.45, 2.75) is 0 Å². The van der Waals surface area contributed by atoms with Crippen molar-refractivity contribution in [3.63, 3.8) is 0 Å². The highest BCUT2D eigenvalue weighted by Crippen LogP contribution is 2.09. The summed E-state index contributed by atoms with van der Waals surface area (Å²) in [6.07, 6.45) is 1.49. The minimum Gasteiger partial charge on any atom is -0.319 e. The fourth-order valence-corrected chi connectivity index (χ4v) is 1.68. The van der Waals surface area contributed by atoms with Gasteiger partial charge in [0.15, 0.2) is 0 Å². The predicted octanol–water partition coefficient (Wildman–Crippen LogP) is -0.0573. The van der Waals surface area contributed by atoms with Crippen LogP contribution < -0.4 is 5.32 Å². The van der Waals surface area contributed by atoms with Gasteiger partial charge in [-0.25, -0.2) is 4.98 Å². The lowest BCUT2D eigenvalue weighted by molar-refractivity contribution is -0.135. The van der Waals surface area contributed by atoms with Gasteiger partial charge in [0.1, 0.15) is 18.8 Å². The van der Waals surface area contributed by atoms with E-state index < -0.39 is 17.7 Å². The zero-order valence-electron chi connectivity index (χ0n) is 8.64. The topological polar surface area (TPSA) is 79.4 Å². The van der Waals surface area contributed by atoms with Gasteiger partial charge >= 0.3 is 0 Å². The minimum absolute atomic E-state index is 0.123. The molecule has 1 N–H and O–H groups in total. The molecule has 88 valence electrons. The predicted molar refractivity (Wildman–Crippen MR) is 61.0 cm³/mol. The zero-order valence-corrected chi connectivity index (χ0v) is 10.2. The van der Waals surface area contributed by atoms with Gasteiger partial charge in [-0.15, -0.1) is 0 Å². The van der Waals surface area contributed by atoms with Crippen LogP contribution in [0.2, 0.25) is 0 Å². The molecule has 1 aliphatic rings. The van der Waals surface area contributed by atoms with Crippen molar-refractivity contribution in [1.82, 2.24) is 15.2 Å². The molecular formula is C10H8BrN3O3. The van der Waals surface area contributed by atoms with Crippen LogP contribution in [0.25, 0.3) is 0 Å². The molecule has 0 aliphatic carbocycles. The van der Waals surface area contributed by atoms with E-state index in [1.165, 1.54) is 12.3 Å². The molecule has 0 atom stereocenters. The molecule has 17 heavy (non-hydrogen) atoms. The minimum atomic E-state index is -0.480. The molecular weight excluding hydrogens is 290 g/mol. The monoisotopic (exact) mass is 297 g/mol. The first-order chi connectivity index (χ1) is 8.06. The molecule has 6 nitrogen and oxygen atoms in total. The average Bonchev–Trinajstić information content (AvgIpc) is 2.28. The van der Waals surface area contributed by atoms with E-state index in [0.29, 0.717) is 0 Å². The van der Waals surface area contributed by atoms with E-state index in [0.717, 1.165) is 9.37 Å². The molecule has 3 amide bonds. The van der Waals surface area contributed by atoms with E-state index in [4.69, 9.17) is 0 Å². The number of pyridine rings is 1. The summed E-state index contributed by atoms with van der Waals surface area (Å²) < 4.78 is 0.751. The molecule has 2 heterocycles. The van der Waals surface area contributed by atoms with Crippen LogP contribution >= 0.6 is 15.9 Å². The Morgan fingerprint density at radius 3 is 2.47 bits per heavy atom. The summed E-state index contributed by atoms with van der Waals surface area (Å²) in [5.74, 6) is -1.39. The van der Waals surface area contributed by atoms with E-state index in [9.17, 15) is 14.4 Å². The van der Waals surface area contributed by atoms with E-state index >= 15 is 0 Å². The van der Waals surface area contributed by atoms with Crippen molar-refractivity contribution in [2.75, 3.05) is 13.1 Å². The molecule has 1 saturated heterocycles. The van der Waals surface area contributed by atoms with E-state index in [-0.39, 0.29) is 18.8 Å². The molecule has 0 aromatic carbocycles. The Morgan fingerprint density at radius 1 is 1.29 bits per heavy atom. The zero-order chi connectivity index (χ0) is 12.4.